The number of hydrogen-bond donors (Lipinski definition) is 0. The Morgan fingerprint density at radius 3 is 3.05 bits per heavy atom. The lowest BCUT2D eigenvalue weighted by Gasteiger charge is -2.12. The zero-order valence-electron chi connectivity index (χ0n) is 10.9. The quantitative estimate of drug-likeness (QED) is 0.684. The minimum Gasteiger partial charge on any atom is -0.453 e. The van der Waals surface area contributed by atoms with Gasteiger partial charge in [0, 0.05) is 12.4 Å². The van der Waals surface area contributed by atoms with Crippen molar-refractivity contribution in [3.63, 3.8) is 0 Å². The zero-order valence-corrected chi connectivity index (χ0v) is 10.9. The lowest BCUT2D eigenvalue weighted by molar-refractivity contribution is 0.0329. The smallest absolute Gasteiger partial charge is 0.338 e. The van der Waals surface area contributed by atoms with Crippen LogP contribution in [0.5, 0.6) is 0 Å². The highest BCUT2D eigenvalue weighted by atomic mass is 16.5. The number of aromatic nitrogens is 3. The van der Waals surface area contributed by atoms with E-state index in [1.807, 2.05) is 22.6 Å². The molecule has 0 aliphatic rings. The van der Waals surface area contributed by atoms with Gasteiger partial charge in [-0.05, 0) is 31.2 Å². The number of carbonyl (C=O) groups is 1. The van der Waals surface area contributed by atoms with Crippen LogP contribution in [-0.2, 0) is 4.74 Å². The van der Waals surface area contributed by atoms with Gasteiger partial charge in [-0.3, -0.25) is 4.98 Å². The molecule has 5 heteroatoms. The first-order chi connectivity index (χ1) is 9.74. The van der Waals surface area contributed by atoms with Crippen LogP contribution in [-0.4, -0.2) is 20.3 Å². The lowest BCUT2D eigenvalue weighted by Crippen LogP contribution is -2.10. The average Bonchev–Trinajstić information content (AvgIpc) is 2.95. The van der Waals surface area contributed by atoms with Crippen molar-refractivity contribution in [2.45, 2.75) is 13.0 Å². The van der Waals surface area contributed by atoms with Crippen LogP contribution in [0.4, 0.5) is 0 Å². The first-order valence-corrected chi connectivity index (χ1v) is 6.27. The maximum atomic E-state index is 12.1. The van der Waals surface area contributed by atoms with Gasteiger partial charge >= 0.3 is 5.97 Å². The third-order valence-electron chi connectivity index (χ3n) is 3.04. The van der Waals surface area contributed by atoms with E-state index in [0.717, 1.165) is 11.2 Å². The minimum atomic E-state index is -0.384. The molecule has 3 rings (SSSR count). The average molecular weight is 267 g/mol. The number of pyridine rings is 2. The molecule has 0 aromatic carbocycles. The molecule has 3 heterocycles. The van der Waals surface area contributed by atoms with Gasteiger partial charge in [-0.1, -0.05) is 6.07 Å². The normalized spacial score (nSPS) is 12.2. The van der Waals surface area contributed by atoms with Crippen molar-refractivity contribution < 1.29 is 9.53 Å². The van der Waals surface area contributed by atoms with E-state index in [-0.39, 0.29) is 12.1 Å². The molecule has 5 nitrogen and oxygen atoms in total. The van der Waals surface area contributed by atoms with E-state index in [9.17, 15) is 4.79 Å². The van der Waals surface area contributed by atoms with E-state index in [1.54, 1.807) is 44.0 Å². The number of rotatable bonds is 3. The molecule has 0 spiro atoms. The van der Waals surface area contributed by atoms with Crippen LogP contribution in [0.1, 0.15) is 29.1 Å². The summed E-state index contributed by atoms with van der Waals surface area (Å²) in [5, 5.41) is 0. The van der Waals surface area contributed by atoms with E-state index in [4.69, 9.17) is 4.74 Å². The Hall–Kier alpha value is -2.69. The number of imidazole rings is 1. The van der Waals surface area contributed by atoms with Crippen molar-refractivity contribution in [2.24, 2.45) is 0 Å². The Kier molecular flexibility index (Phi) is 3.16. The Morgan fingerprint density at radius 1 is 1.35 bits per heavy atom. The zero-order chi connectivity index (χ0) is 13.9. The van der Waals surface area contributed by atoms with Crippen molar-refractivity contribution in [3.05, 3.63) is 66.5 Å². The number of nitrogens with zero attached hydrogens (tertiary/aromatic N) is 3. The first-order valence-electron chi connectivity index (χ1n) is 6.27. The van der Waals surface area contributed by atoms with Crippen molar-refractivity contribution in [1.82, 2.24) is 14.4 Å². The number of fused-ring (bicyclic) bond motifs is 1. The third kappa shape index (κ3) is 2.38. The van der Waals surface area contributed by atoms with Gasteiger partial charge in [0.2, 0.25) is 0 Å². The monoisotopic (exact) mass is 267 g/mol. The van der Waals surface area contributed by atoms with Crippen LogP contribution < -0.4 is 0 Å². The second kappa shape index (κ2) is 5.13. The summed E-state index contributed by atoms with van der Waals surface area (Å²) in [6.45, 7) is 1.80. The van der Waals surface area contributed by atoms with E-state index < -0.39 is 0 Å². The first kappa shape index (κ1) is 12.3. The second-order valence-electron chi connectivity index (χ2n) is 4.44. The Bertz CT molecular complexity index is 737. The molecule has 0 aliphatic heterocycles. The lowest BCUT2D eigenvalue weighted by atomic mass is 10.2. The fourth-order valence-electron chi connectivity index (χ4n) is 1.95. The van der Waals surface area contributed by atoms with Gasteiger partial charge in [0.15, 0.2) is 0 Å². The molecule has 0 bridgehead atoms. The molecule has 100 valence electrons. The van der Waals surface area contributed by atoms with E-state index in [0.29, 0.717) is 5.56 Å². The summed E-state index contributed by atoms with van der Waals surface area (Å²) in [5.74, 6) is -0.369. The highest BCUT2D eigenvalue weighted by molar-refractivity contribution is 5.90. The summed E-state index contributed by atoms with van der Waals surface area (Å²) in [6, 6.07) is 8.98. The third-order valence-corrected chi connectivity index (χ3v) is 3.04. The molecule has 0 aliphatic carbocycles. The molecule has 0 saturated heterocycles. The van der Waals surface area contributed by atoms with Crippen LogP contribution in [0, 0.1) is 0 Å². The second-order valence-corrected chi connectivity index (χ2v) is 4.44. The number of ether oxygens (including phenoxy) is 1. The highest BCUT2D eigenvalue weighted by Crippen LogP contribution is 2.16. The molecule has 20 heavy (non-hydrogen) atoms. The number of carbonyl (C=O) groups excluding carboxylic acids is 1. The topological polar surface area (TPSA) is 56.5 Å². The van der Waals surface area contributed by atoms with Crippen molar-refractivity contribution in [3.8, 4) is 0 Å². The van der Waals surface area contributed by atoms with Crippen LogP contribution in [0.25, 0.3) is 5.52 Å². The summed E-state index contributed by atoms with van der Waals surface area (Å²) in [7, 11) is 0. The summed E-state index contributed by atoms with van der Waals surface area (Å²) >= 11 is 0. The predicted molar refractivity (Wildman–Crippen MR) is 73.3 cm³/mol. The van der Waals surface area contributed by atoms with Gasteiger partial charge in [-0.25, -0.2) is 9.78 Å². The van der Waals surface area contributed by atoms with Gasteiger partial charge in [-0.15, -0.1) is 0 Å². The number of esters is 1. The molecule has 0 N–H and O–H groups in total. The van der Waals surface area contributed by atoms with Crippen LogP contribution in [0.2, 0.25) is 0 Å². The maximum absolute atomic E-state index is 12.1. The van der Waals surface area contributed by atoms with Gasteiger partial charge in [0.05, 0.1) is 29.3 Å². The maximum Gasteiger partial charge on any atom is 0.338 e. The Morgan fingerprint density at radius 2 is 2.25 bits per heavy atom. The van der Waals surface area contributed by atoms with Crippen molar-refractivity contribution in [1.29, 1.82) is 0 Å². The summed E-state index contributed by atoms with van der Waals surface area (Å²) < 4.78 is 7.25. The summed E-state index contributed by atoms with van der Waals surface area (Å²) in [6.07, 6.45) is 6.45. The van der Waals surface area contributed by atoms with E-state index in [1.165, 1.54) is 0 Å². The van der Waals surface area contributed by atoms with Gasteiger partial charge in [0.25, 0.3) is 0 Å². The van der Waals surface area contributed by atoms with Crippen molar-refractivity contribution in [2.75, 3.05) is 0 Å². The molecular formula is C15H13N3O2. The molecule has 0 fully saturated rings. The molecule has 3 aromatic rings. The predicted octanol–water partition coefficient (Wildman–Crippen LogP) is 2.65. The molecule has 0 radical (unpaired) electrons. The standard InChI is InChI=1S/C15H13N3O2/c1-11(14-4-2-3-6-17-14)20-15(19)12-5-7-18-10-16-9-13(18)8-12/h2-11H,1H3. The SMILES string of the molecule is CC(OC(=O)c1ccn2cncc2c1)c1ccccn1. The largest absolute Gasteiger partial charge is 0.453 e. The van der Waals surface area contributed by atoms with Gasteiger partial charge < -0.3 is 9.14 Å². The van der Waals surface area contributed by atoms with Crippen LogP contribution in [0.15, 0.2) is 55.2 Å². The summed E-state index contributed by atoms with van der Waals surface area (Å²) in [4.78, 5) is 20.3. The molecule has 3 aromatic heterocycles. The van der Waals surface area contributed by atoms with Gasteiger partial charge in [0.1, 0.15) is 6.10 Å². The van der Waals surface area contributed by atoms with Crippen LogP contribution in [0.3, 0.4) is 0 Å². The number of hydrogen-bond acceptors (Lipinski definition) is 4. The molecule has 1 atom stereocenters. The Balaban J connectivity index is 1.78. The molecular weight excluding hydrogens is 254 g/mol. The van der Waals surface area contributed by atoms with E-state index >= 15 is 0 Å². The molecule has 1 unspecified atom stereocenters. The van der Waals surface area contributed by atoms with E-state index in [2.05, 4.69) is 9.97 Å². The van der Waals surface area contributed by atoms with Gasteiger partial charge in [-0.2, -0.15) is 0 Å². The fraction of sp³-hybridized carbons (Fsp3) is 0.133. The minimum absolute atomic E-state index is 0.369. The molecule has 0 amide bonds. The highest BCUT2D eigenvalue weighted by Gasteiger charge is 2.14. The Labute approximate surface area is 115 Å². The van der Waals surface area contributed by atoms with Crippen LogP contribution >= 0.6 is 0 Å². The molecule has 0 saturated carbocycles. The fourth-order valence-corrected chi connectivity index (χ4v) is 1.95. The summed E-state index contributed by atoms with van der Waals surface area (Å²) in [5.41, 5.74) is 2.08. The van der Waals surface area contributed by atoms with Crippen molar-refractivity contribution >= 4 is 11.5 Å².